The van der Waals surface area contributed by atoms with E-state index >= 15 is 0 Å². The second kappa shape index (κ2) is 10.8. The summed E-state index contributed by atoms with van der Waals surface area (Å²) in [6.45, 7) is 5.75. The van der Waals surface area contributed by atoms with Gasteiger partial charge in [-0.1, -0.05) is 31.5 Å². The van der Waals surface area contributed by atoms with Crippen molar-refractivity contribution in [1.29, 1.82) is 0 Å². The highest BCUT2D eigenvalue weighted by molar-refractivity contribution is 5.39. The summed E-state index contributed by atoms with van der Waals surface area (Å²) in [7, 11) is 0. The molecular formula is C24H30F3NO3. The average molecular weight is 438 g/mol. The molecule has 7 heteroatoms. The summed E-state index contributed by atoms with van der Waals surface area (Å²) in [5.74, 6) is 1.63. The van der Waals surface area contributed by atoms with Gasteiger partial charge in [0, 0.05) is 12.6 Å². The van der Waals surface area contributed by atoms with Crippen molar-refractivity contribution in [3.63, 3.8) is 0 Å². The van der Waals surface area contributed by atoms with Gasteiger partial charge in [0.05, 0.1) is 12.2 Å². The number of likely N-dealkylation sites (tertiary alicyclic amines) is 1. The first kappa shape index (κ1) is 23.3. The third-order valence-electron chi connectivity index (χ3n) is 5.41. The third-order valence-corrected chi connectivity index (χ3v) is 5.41. The van der Waals surface area contributed by atoms with Crippen LogP contribution in [0.15, 0.2) is 48.5 Å². The Morgan fingerprint density at radius 3 is 2.42 bits per heavy atom. The third kappa shape index (κ3) is 6.29. The predicted octanol–water partition coefficient (Wildman–Crippen LogP) is 6.15. The molecule has 0 amide bonds. The molecule has 1 fully saturated rings. The topological polar surface area (TPSA) is 30.9 Å². The van der Waals surface area contributed by atoms with Crippen molar-refractivity contribution in [3.05, 3.63) is 54.1 Å². The van der Waals surface area contributed by atoms with E-state index in [4.69, 9.17) is 14.2 Å². The van der Waals surface area contributed by atoms with Gasteiger partial charge in [-0.25, -0.2) is 0 Å². The average Bonchev–Trinajstić information content (AvgIpc) is 2.77. The second-order valence-corrected chi connectivity index (χ2v) is 7.58. The van der Waals surface area contributed by atoms with Crippen molar-refractivity contribution >= 4 is 0 Å². The first-order valence-corrected chi connectivity index (χ1v) is 10.9. The van der Waals surface area contributed by atoms with Gasteiger partial charge in [-0.2, -0.15) is 13.2 Å². The number of para-hydroxylation sites is 2. The molecule has 2 aromatic rings. The molecule has 2 unspecified atom stereocenters. The number of piperidine rings is 1. The SMILES string of the molecule is CCOc1ccccc1OCC1CCCCN1C(CC)Oc1cccc(C(F)(F)F)c1. The summed E-state index contributed by atoms with van der Waals surface area (Å²) in [6, 6.07) is 12.8. The highest BCUT2D eigenvalue weighted by Gasteiger charge is 2.32. The summed E-state index contributed by atoms with van der Waals surface area (Å²) in [6.07, 6.45) is -1.01. The monoisotopic (exact) mass is 437 g/mol. The minimum absolute atomic E-state index is 0.110. The summed E-state index contributed by atoms with van der Waals surface area (Å²) in [5.41, 5.74) is -0.703. The molecule has 1 saturated heterocycles. The van der Waals surface area contributed by atoms with Crippen molar-refractivity contribution < 1.29 is 27.4 Å². The van der Waals surface area contributed by atoms with Gasteiger partial charge in [0.2, 0.25) is 0 Å². The van der Waals surface area contributed by atoms with Crippen LogP contribution in [-0.4, -0.2) is 36.9 Å². The first-order valence-electron chi connectivity index (χ1n) is 10.9. The molecule has 2 aromatic carbocycles. The van der Waals surface area contributed by atoms with Crippen LogP contribution in [0.4, 0.5) is 13.2 Å². The largest absolute Gasteiger partial charge is 0.490 e. The molecule has 1 aliphatic heterocycles. The molecule has 31 heavy (non-hydrogen) atoms. The highest BCUT2D eigenvalue weighted by Crippen LogP contribution is 2.33. The molecule has 0 aromatic heterocycles. The van der Waals surface area contributed by atoms with Crippen molar-refractivity contribution in [1.82, 2.24) is 4.90 Å². The van der Waals surface area contributed by atoms with Gasteiger partial charge in [-0.15, -0.1) is 0 Å². The molecule has 0 N–H and O–H groups in total. The fraction of sp³-hybridized carbons (Fsp3) is 0.500. The lowest BCUT2D eigenvalue weighted by Gasteiger charge is -2.40. The maximum Gasteiger partial charge on any atom is 0.416 e. The fourth-order valence-corrected chi connectivity index (χ4v) is 3.90. The summed E-state index contributed by atoms with van der Waals surface area (Å²) < 4.78 is 56.9. The predicted molar refractivity (Wildman–Crippen MR) is 114 cm³/mol. The van der Waals surface area contributed by atoms with Crippen LogP contribution in [0.5, 0.6) is 17.2 Å². The molecule has 0 bridgehead atoms. The van der Waals surface area contributed by atoms with Crippen LogP contribution in [0.1, 0.15) is 45.1 Å². The van der Waals surface area contributed by atoms with Crippen molar-refractivity contribution in [2.75, 3.05) is 19.8 Å². The van der Waals surface area contributed by atoms with Crippen molar-refractivity contribution in [2.45, 2.75) is 58.0 Å². The van der Waals surface area contributed by atoms with E-state index in [9.17, 15) is 13.2 Å². The van der Waals surface area contributed by atoms with Gasteiger partial charge in [-0.3, -0.25) is 4.90 Å². The standard InChI is InChI=1S/C24H30F3NO3/c1-3-23(31-20-12-9-10-18(16-20)24(25,26)27)28-15-8-7-11-19(28)17-30-22-14-6-5-13-21(22)29-4-2/h5-6,9-10,12-14,16,19,23H,3-4,7-8,11,15,17H2,1-2H3. The lowest BCUT2D eigenvalue weighted by atomic mass is 10.0. The zero-order valence-electron chi connectivity index (χ0n) is 18.0. The van der Waals surface area contributed by atoms with E-state index in [2.05, 4.69) is 4.90 Å². The minimum atomic E-state index is -4.39. The number of ether oxygens (including phenoxy) is 3. The molecule has 1 aliphatic rings. The molecule has 1 heterocycles. The van der Waals surface area contributed by atoms with E-state index in [0.29, 0.717) is 31.1 Å². The van der Waals surface area contributed by atoms with Crippen LogP contribution in [0, 0.1) is 0 Å². The number of nitrogens with zero attached hydrogens (tertiary/aromatic N) is 1. The van der Waals surface area contributed by atoms with Crippen molar-refractivity contribution in [2.24, 2.45) is 0 Å². The molecule has 0 saturated carbocycles. The summed E-state index contributed by atoms with van der Waals surface area (Å²) >= 11 is 0. The molecule has 0 aliphatic carbocycles. The maximum atomic E-state index is 13.1. The van der Waals surface area contributed by atoms with Gasteiger partial charge in [0.1, 0.15) is 12.4 Å². The molecule has 170 valence electrons. The number of alkyl halides is 3. The Hall–Kier alpha value is -2.41. The Balaban J connectivity index is 1.70. The summed E-state index contributed by atoms with van der Waals surface area (Å²) in [5, 5.41) is 0. The normalized spacial score (nSPS) is 18.4. The Labute approximate surface area is 181 Å². The first-order chi connectivity index (χ1) is 14.9. The minimum Gasteiger partial charge on any atom is -0.490 e. The van der Waals surface area contributed by atoms with E-state index in [1.165, 1.54) is 6.07 Å². The van der Waals surface area contributed by atoms with Crippen LogP contribution < -0.4 is 14.2 Å². The van der Waals surface area contributed by atoms with E-state index in [1.807, 2.05) is 38.1 Å². The molecule has 0 radical (unpaired) electrons. The number of benzene rings is 2. The van der Waals surface area contributed by atoms with Crippen LogP contribution >= 0.6 is 0 Å². The Kier molecular flexibility index (Phi) is 8.07. The fourth-order valence-electron chi connectivity index (χ4n) is 3.90. The van der Waals surface area contributed by atoms with Gasteiger partial charge in [-0.05, 0) is 56.5 Å². The van der Waals surface area contributed by atoms with Crippen LogP contribution in [0.2, 0.25) is 0 Å². The van der Waals surface area contributed by atoms with Crippen LogP contribution in [-0.2, 0) is 6.18 Å². The van der Waals surface area contributed by atoms with E-state index in [1.54, 1.807) is 6.07 Å². The zero-order chi connectivity index (χ0) is 22.3. The van der Waals surface area contributed by atoms with Gasteiger partial charge in [0.15, 0.2) is 17.7 Å². The molecule has 4 nitrogen and oxygen atoms in total. The smallest absolute Gasteiger partial charge is 0.416 e. The second-order valence-electron chi connectivity index (χ2n) is 7.58. The number of hydrogen-bond donors (Lipinski definition) is 0. The Morgan fingerprint density at radius 2 is 1.74 bits per heavy atom. The molecule has 3 rings (SSSR count). The van der Waals surface area contributed by atoms with E-state index in [0.717, 1.165) is 37.9 Å². The number of halogens is 3. The number of rotatable bonds is 9. The molecule has 2 atom stereocenters. The van der Waals surface area contributed by atoms with Crippen molar-refractivity contribution in [3.8, 4) is 17.2 Å². The van der Waals surface area contributed by atoms with Gasteiger partial charge in [0.25, 0.3) is 0 Å². The maximum absolute atomic E-state index is 13.1. The lowest BCUT2D eigenvalue weighted by molar-refractivity contribution is -0.137. The van der Waals surface area contributed by atoms with Gasteiger partial charge >= 0.3 is 6.18 Å². The molecule has 0 spiro atoms. The Bertz CT molecular complexity index is 828. The Morgan fingerprint density at radius 1 is 1.00 bits per heavy atom. The quantitative estimate of drug-likeness (QED) is 0.471. The lowest BCUT2D eigenvalue weighted by Crippen LogP contribution is -2.51. The summed E-state index contributed by atoms with van der Waals surface area (Å²) in [4.78, 5) is 2.22. The molecular weight excluding hydrogens is 407 g/mol. The highest BCUT2D eigenvalue weighted by atomic mass is 19.4. The van der Waals surface area contributed by atoms with Gasteiger partial charge < -0.3 is 14.2 Å². The van der Waals surface area contributed by atoms with E-state index in [-0.39, 0.29) is 18.0 Å². The number of hydrogen-bond acceptors (Lipinski definition) is 4. The van der Waals surface area contributed by atoms with Crippen LogP contribution in [0.25, 0.3) is 0 Å². The zero-order valence-corrected chi connectivity index (χ0v) is 18.0. The van der Waals surface area contributed by atoms with Crippen LogP contribution in [0.3, 0.4) is 0 Å². The van der Waals surface area contributed by atoms with E-state index < -0.39 is 11.7 Å².